The zero-order valence-electron chi connectivity index (χ0n) is 30.5. The molecule has 4 heteroatoms. The molecule has 0 saturated carbocycles. The number of aliphatic hydroxyl groups is 1. The molecule has 0 saturated heterocycles. The fraction of sp³-hybridized carbons (Fsp3) is 0.854. The number of Topliss-reactive ketones (excluding diaryl/α,β-unsaturated/α-hetero) is 2. The van der Waals surface area contributed by atoms with Crippen LogP contribution in [-0.2, 0) is 9.59 Å². The minimum atomic E-state index is -0.532. The summed E-state index contributed by atoms with van der Waals surface area (Å²) in [6.45, 7) is 5.52. The van der Waals surface area contributed by atoms with Crippen molar-refractivity contribution < 1.29 is 14.7 Å². The fourth-order valence-electron chi connectivity index (χ4n) is 6.05. The Hall–Kier alpha value is -1.26. The van der Waals surface area contributed by atoms with E-state index < -0.39 is 5.92 Å². The first kappa shape index (κ1) is 43.7. The number of carbonyl (C=O) groups excluding carboxylic acids is 2. The van der Waals surface area contributed by atoms with Crippen LogP contribution in [0.1, 0.15) is 194 Å². The summed E-state index contributed by atoms with van der Waals surface area (Å²) >= 11 is 0. The smallest absolute Gasteiger partial charge is 0.144 e. The summed E-state index contributed by atoms with van der Waals surface area (Å²) in [5, 5.41) is 9.31. The maximum atomic E-state index is 13.1. The molecule has 0 radical (unpaired) electrons. The Bertz CT molecular complexity index is 649. The predicted molar refractivity (Wildman–Crippen MR) is 197 cm³/mol. The third-order valence-electron chi connectivity index (χ3n) is 9.12. The highest BCUT2D eigenvalue weighted by atomic mass is 16.3. The van der Waals surface area contributed by atoms with Gasteiger partial charge in [-0.05, 0) is 71.3 Å². The zero-order valence-corrected chi connectivity index (χ0v) is 30.5. The molecule has 0 spiro atoms. The van der Waals surface area contributed by atoms with Crippen molar-refractivity contribution in [2.45, 2.75) is 194 Å². The van der Waals surface area contributed by atoms with Gasteiger partial charge >= 0.3 is 0 Å². The number of unbranched alkanes of at least 4 members (excludes halogenated alkanes) is 22. The van der Waals surface area contributed by atoms with Crippen LogP contribution in [0.5, 0.6) is 0 Å². The second kappa shape index (κ2) is 35.6. The van der Waals surface area contributed by atoms with Gasteiger partial charge in [-0.2, -0.15) is 0 Å². The molecule has 0 aliphatic rings. The average molecular weight is 632 g/mol. The van der Waals surface area contributed by atoms with E-state index >= 15 is 0 Å². The molecule has 0 aliphatic heterocycles. The molecular weight excluding hydrogens is 554 g/mol. The Kier molecular flexibility index (Phi) is 34.6. The van der Waals surface area contributed by atoms with Crippen molar-refractivity contribution in [2.24, 2.45) is 5.92 Å². The highest BCUT2D eigenvalue weighted by molar-refractivity contribution is 6.02. The highest BCUT2D eigenvalue weighted by Crippen LogP contribution is 2.17. The van der Waals surface area contributed by atoms with Crippen molar-refractivity contribution in [2.75, 3.05) is 26.7 Å². The molecule has 0 unspecified atom stereocenters. The molecule has 0 atom stereocenters. The van der Waals surface area contributed by atoms with Gasteiger partial charge in [0.15, 0.2) is 0 Å². The average Bonchev–Trinajstić information content (AvgIpc) is 3.03. The van der Waals surface area contributed by atoms with Gasteiger partial charge in [0.25, 0.3) is 0 Å². The van der Waals surface area contributed by atoms with Crippen LogP contribution in [-0.4, -0.2) is 48.3 Å². The zero-order chi connectivity index (χ0) is 33.1. The van der Waals surface area contributed by atoms with Gasteiger partial charge in [0.05, 0.1) is 12.5 Å². The Morgan fingerprint density at radius 3 is 1.16 bits per heavy atom. The maximum Gasteiger partial charge on any atom is 0.144 e. The Morgan fingerprint density at radius 2 is 0.822 bits per heavy atom. The van der Waals surface area contributed by atoms with Crippen LogP contribution in [0.4, 0.5) is 0 Å². The minimum absolute atomic E-state index is 0.0497. The van der Waals surface area contributed by atoms with E-state index in [-0.39, 0.29) is 18.2 Å². The Balaban J connectivity index is 4.04. The van der Waals surface area contributed by atoms with Crippen LogP contribution in [0.15, 0.2) is 24.3 Å². The number of likely N-dealkylation sites (N-methyl/N-ethyl adjacent to an activating group) is 1. The quantitative estimate of drug-likeness (QED) is 0.0424. The third-order valence-corrected chi connectivity index (χ3v) is 9.12. The van der Waals surface area contributed by atoms with Crippen LogP contribution < -0.4 is 0 Å². The van der Waals surface area contributed by atoms with Crippen molar-refractivity contribution in [3.63, 3.8) is 0 Å². The predicted octanol–water partition coefficient (Wildman–Crippen LogP) is 11.7. The van der Waals surface area contributed by atoms with Gasteiger partial charge in [-0.25, -0.2) is 0 Å². The van der Waals surface area contributed by atoms with Crippen molar-refractivity contribution in [3.05, 3.63) is 24.3 Å². The molecule has 4 nitrogen and oxygen atoms in total. The highest BCUT2D eigenvalue weighted by Gasteiger charge is 2.26. The molecule has 0 fully saturated rings. The van der Waals surface area contributed by atoms with Gasteiger partial charge in [0, 0.05) is 25.9 Å². The van der Waals surface area contributed by atoms with Gasteiger partial charge in [-0.15, -0.1) is 0 Å². The van der Waals surface area contributed by atoms with Crippen molar-refractivity contribution in [1.29, 1.82) is 0 Å². The number of hydrogen-bond donors (Lipinski definition) is 1. The van der Waals surface area contributed by atoms with Crippen molar-refractivity contribution >= 4 is 11.6 Å². The van der Waals surface area contributed by atoms with Gasteiger partial charge in [-0.1, -0.05) is 141 Å². The van der Waals surface area contributed by atoms with E-state index in [2.05, 4.69) is 38.2 Å². The lowest BCUT2D eigenvalue weighted by molar-refractivity contribution is -0.133. The normalized spacial score (nSPS) is 12.0. The largest absolute Gasteiger partial charge is 0.395 e. The van der Waals surface area contributed by atoms with E-state index in [1.165, 1.54) is 128 Å². The van der Waals surface area contributed by atoms with Crippen molar-refractivity contribution in [3.8, 4) is 0 Å². The van der Waals surface area contributed by atoms with Crippen LogP contribution in [0.25, 0.3) is 0 Å². The van der Waals surface area contributed by atoms with Gasteiger partial charge in [-0.3, -0.25) is 9.59 Å². The lowest BCUT2D eigenvalue weighted by Crippen LogP contribution is -2.37. The monoisotopic (exact) mass is 632 g/mol. The number of allylic oxidation sites excluding steroid dienone is 4. The second-order valence-corrected chi connectivity index (χ2v) is 13.6. The molecule has 0 amide bonds. The molecule has 264 valence electrons. The molecule has 0 aliphatic carbocycles. The summed E-state index contributed by atoms with van der Waals surface area (Å²) in [5.74, 6) is -0.319. The van der Waals surface area contributed by atoms with E-state index in [1.807, 2.05) is 11.9 Å². The van der Waals surface area contributed by atoms with E-state index in [9.17, 15) is 14.7 Å². The van der Waals surface area contributed by atoms with Crippen LogP contribution in [0.2, 0.25) is 0 Å². The second-order valence-electron chi connectivity index (χ2n) is 13.6. The van der Waals surface area contributed by atoms with Gasteiger partial charge < -0.3 is 10.0 Å². The van der Waals surface area contributed by atoms with Crippen molar-refractivity contribution in [1.82, 2.24) is 4.90 Å². The number of ketones is 2. The molecule has 0 heterocycles. The molecule has 1 N–H and O–H groups in total. The van der Waals surface area contributed by atoms with Gasteiger partial charge in [0.2, 0.25) is 0 Å². The summed E-state index contributed by atoms with van der Waals surface area (Å²) in [5.41, 5.74) is 0. The number of aliphatic hydroxyl groups excluding tert-OH is 1. The number of nitrogens with zero attached hydrogens (tertiary/aromatic N) is 1. The van der Waals surface area contributed by atoms with E-state index in [4.69, 9.17) is 0 Å². The molecule has 0 aromatic carbocycles. The first-order valence-electron chi connectivity index (χ1n) is 19.7. The Morgan fingerprint density at radius 1 is 0.511 bits per heavy atom. The first-order chi connectivity index (χ1) is 22.1. The van der Waals surface area contributed by atoms with E-state index in [0.29, 0.717) is 25.9 Å². The first-order valence-corrected chi connectivity index (χ1v) is 19.7. The SMILES string of the molecule is CCCCCCCC/C=C\CCCCCCCC(=O)C(CN(C)CCO)C(=O)CCCCCCC/C=C\CCCCCCCC. The fourth-order valence-corrected chi connectivity index (χ4v) is 6.05. The van der Waals surface area contributed by atoms with E-state index in [0.717, 1.165) is 38.5 Å². The van der Waals surface area contributed by atoms with Gasteiger partial charge in [0.1, 0.15) is 11.6 Å². The molecule has 0 bridgehead atoms. The topological polar surface area (TPSA) is 57.6 Å². The van der Waals surface area contributed by atoms with Crippen LogP contribution in [0.3, 0.4) is 0 Å². The van der Waals surface area contributed by atoms with E-state index in [1.54, 1.807) is 0 Å². The lowest BCUT2D eigenvalue weighted by Gasteiger charge is -2.22. The number of rotatable bonds is 36. The minimum Gasteiger partial charge on any atom is -0.395 e. The molecule has 0 rings (SSSR count). The third kappa shape index (κ3) is 31.1. The number of hydrogen-bond acceptors (Lipinski definition) is 4. The number of carbonyl (C=O) groups is 2. The van der Waals surface area contributed by atoms with Crippen LogP contribution in [0, 0.1) is 5.92 Å². The lowest BCUT2D eigenvalue weighted by atomic mass is 9.91. The summed E-state index contributed by atoms with van der Waals surface area (Å²) in [6.07, 6.45) is 42.6. The summed E-state index contributed by atoms with van der Waals surface area (Å²) in [7, 11) is 1.90. The molecular formula is C41H77NO3. The standard InChI is InChI=1S/C41H77NO3/c1-4-6-8-10-12-14-16-18-20-22-24-26-28-30-32-34-40(44)39(38-42(3)36-37-43)41(45)35-33-31-29-27-25-23-21-19-17-15-13-11-9-7-5-2/h18-21,39,43H,4-17,22-38H2,1-3H3/b20-18-,21-19-. The maximum absolute atomic E-state index is 13.1. The van der Waals surface area contributed by atoms with Crippen LogP contribution >= 0.6 is 0 Å². The summed E-state index contributed by atoms with van der Waals surface area (Å²) < 4.78 is 0. The summed E-state index contributed by atoms with van der Waals surface area (Å²) in [6, 6.07) is 0. The Labute approximate surface area is 281 Å². The molecule has 45 heavy (non-hydrogen) atoms. The molecule has 0 aromatic rings. The molecule has 0 aromatic heterocycles. The summed E-state index contributed by atoms with van der Waals surface area (Å²) in [4.78, 5) is 28.1.